The number of aryl methyl sites for hydroxylation is 1. The number of aromatic nitrogens is 1. The van der Waals surface area contributed by atoms with Crippen LogP contribution in [0.1, 0.15) is 75.9 Å². The molecule has 31 heavy (non-hydrogen) atoms. The molecule has 1 atom stereocenters. The minimum atomic E-state index is -1.10. The Kier molecular flexibility index (Phi) is 5.58. The van der Waals surface area contributed by atoms with Crippen LogP contribution in [0.5, 0.6) is 0 Å². The molecule has 162 valence electrons. The van der Waals surface area contributed by atoms with E-state index in [9.17, 15) is 19.2 Å². The van der Waals surface area contributed by atoms with Gasteiger partial charge in [0.2, 0.25) is 0 Å². The topological polar surface area (TPSA) is 119 Å². The van der Waals surface area contributed by atoms with Gasteiger partial charge in [0.25, 0.3) is 17.7 Å². The van der Waals surface area contributed by atoms with Crippen LogP contribution in [0, 0.1) is 6.92 Å². The maximum absolute atomic E-state index is 12.9. The van der Waals surface area contributed by atoms with E-state index in [0.29, 0.717) is 11.3 Å². The second kappa shape index (κ2) is 8.33. The SMILES string of the molecule is Cc1cc(NC(=O)C(C)OC(=O)c2ccc3c(c2)C(=O)N(C2CCCCC2)C3=O)no1. The first-order chi connectivity index (χ1) is 14.8. The number of hydrogen-bond donors (Lipinski definition) is 1. The number of rotatable bonds is 5. The Morgan fingerprint density at radius 1 is 1.13 bits per heavy atom. The first-order valence-corrected chi connectivity index (χ1v) is 10.3. The molecule has 2 heterocycles. The number of carbonyl (C=O) groups excluding carboxylic acids is 4. The summed E-state index contributed by atoms with van der Waals surface area (Å²) in [5.74, 6) is -1.29. The summed E-state index contributed by atoms with van der Waals surface area (Å²) < 4.78 is 10.1. The normalized spacial score (nSPS) is 17.4. The van der Waals surface area contributed by atoms with Crippen molar-refractivity contribution in [2.24, 2.45) is 0 Å². The maximum Gasteiger partial charge on any atom is 0.338 e. The minimum Gasteiger partial charge on any atom is -0.449 e. The molecule has 9 nitrogen and oxygen atoms in total. The summed E-state index contributed by atoms with van der Waals surface area (Å²) in [6, 6.07) is 5.71. The molecule has 1 N–H and O–H groups in total. The van der Waals surface area contributed by atoms with Crippen molar-refractivity contribution in [2.75, 3.05) is 5.32 Å². The number of ether oxygens (including phenoxy) is 1. The van der Waals surface area contributed by atoms with Gasteiger partial charge in [0.1, 0.15) is 5.76 Å². The molecule has 1 aromatic carbocycles. The molecular weight excluding hydrogens is 402 g/mol. The molecule has 1 aliphatic carbocycles. The van der Waals surface area contributed by atoms with Gasteiger partial charge < -0.3 is 14.6 Å². The van der Waals surface area contributed by atoms with E-state index in [1.807, 2.05) is 0 Å². The van der Waals surface area contributed by atoms with Crippen molar-refractivity contribution in [1.29, 1.82) is 0 Å². The van der Waals surface area contributed by atoms with Crippen molar-refractivity contribution in [3.8, 4) is 0 Å². The number of nitrogens with one attached hydrogen (secondary N) is 1. The van der Waals surface area contributed by atoms with Gasteiger partial charge in [-0.3, -0.25) is 19.3 Å². The molecule has 2 aromatic rings. The third-order valence-electron chi connectivity index (χ3n) is 5.63. The Labute approximate surface area is 178 Å². The fourth-order valence-corrected chi connectivity index (χ4v) is 3.99. The molecule has 9 heteroatoms. The Morgan fingerprint density at radius 3 is 2.52 bits per heavy atom. The molecule has 0 saturated heterocycles. The van der Waals surface area contributed by atoms with Crippen LogP contribution in [0.3, 0.4) is 0 Å². The molecule has 4 rings (SSSR count). The van der Waals surface area contributed by atoms with Crippen LogP contribution in [0.2, 0.25) is 0 Å². The standard InChI is InChI=1S/C22H23N3O6/c1-12-10-18(24-31-12)23-19(26)13(2)30-22(29)14-8-9-16-17(11-14)21(28)25(20(16)27)15-6-4-3-5-7-15/h8-11,13,15H,3-7H2,1-2H3,(H,23,24,26). The summed E-state index contributed by atoms with van der Waals surface area (Å²) in [7, 11) is 0. The monoisotopic (exact) mass is 425 g/mol. The average Bonchev–Trinajstić information content (AvgIpc) is 3.28. The third kappa shape index (κ3) is 4.08. The number of imide groups is 1. The third-order valence-corrected chi connectivity index (χ3v) is 5.63. The maximum atomic E-state index is 12.9. The first kappa shape index (κ1) is 20.8. The van der Waals surface area contributed by atoms with Gasteiger partial charge in [-0.1, -0.05) is 24.4 Å². The number of anilines is 1. The molecule has 0 radical (unpaired) electrons. The fourth-order valence-electron chi connectivity index (χ4n) is 3.99. The molecule has 0 spiro atoms. The van der Waals surface area contributed by atoms with E-state index in [4.69, 9.17) is 9.26 Å². The van der Waals surface area contributed by atoms with Crippen LogP contribution in [-0.4, -0.2) is 45.9 Å². The number of nitrogens with zero attached hydrogens (tertiary/aromatic N) is 2. The van der Waals surface area contributed by atoms with E-state index in [2.05, 4.69) is 10.5 Å². The largest absolute Gasteiger partial charge is 0.449 e. The van der Waals surface area contributed by atoms with Crippen molar-refractivity contribution in [1.82, 2.24) is 10.1 Å². The number of fused-ring (bicyclic) bond motifs is 1. The molecule has 1 unspecified atom stereocenters. The predicted octanol–water partition coefficient (Wildman–Crippen LogP) is 3.10. The second-order valence-corrected chi connectivity index (χ2v) is 7.89. The Balaban J connectivity index is 1.45. The second-order valence-electron chi connectivity index (χ2n) is 7.89. The Bertz CT molecular complexity index is 1050. The lowest BCUT2D eigenvalue weighted by atomic mass is 9.94. The van der Waals surface area contributed by atoms with Crippen molar-refractivity contribution < 1.29 is 28.4 Å². The molecule has 1 aliphatic heterocycles. The van der Waals surface area contributed by atoms with Crippen LogP contribution >= 0.6 is 0 Å². The van der Waals surface area contributed by atoms with Gasteiger partial charge in [-0.05, 0) is 44.9 Å². The summed E-state index contributed by atoms with van der Waals surface area (Å²) >= 11 is 0. The number of carbonyl (C=O) groups is 4. The van der Waals surface area contributed by atoms with E-state index in [0.717, 1.165) is 32.1 Å². The Hall–Kier alpha value is -3.49. The van der Waals surface area contributed by atoms with Gasteiger partial charge in [0, 0.05) is 12.1 Å². The van der Waals surface area contributed by atoms with E-state index in [-0.39, 0.29) is 34.8 Å². The average molecular weight is 425 g/mol. The zero-order valence-electron chi connectivity index (χ0n) is 17.3. The molecule has 2 aliphatic rings. The first-order valence-electron chi connectivity index (χ1n) is 10.3. The van der Waals surface area contributed by atoms with Gasteiger partial charge in [0.05, 0.1) is 16.7 Å². The summed E-state index contributed by atoms with van der Waals surface area (Å²) in [6.45, 7) is 3.11. The lowest BCUT2D eigenvalue weighted by molar-refractivity contribution is -0.123. The smallest absolute Gasteiger partial charge is 0.338 e. The van der Waals surface area contributed by atoms with Gasteiger partial charge in [-0.2, -0.15) is 0 Å². The van der Waals surface area contributed by atoms with E-state index in [1.54, 1.807) is 6.92 Å². The van der Waals surface area contributed by atoms with Crippen molar-refractivity contribution in [3.63, 3.8) is 0 Å². The summed E-state index contributed by atoms with van der Waals surface area (Å²) in [6.07, 6.45) is 3.59. The summed E-state index contributed by atoms with van der Waals surface area (Å²) in [4.78, 5) is 51.7. The molecular formula is C22H23N3O6. The summed E-state index contributed by atoms with van der Waals surface area (Å²) in [5.41, 5.74) is 0.585. The number of amides is 3. The lowest BCUT2D eigenvalue weighted by Crippen LogP contribution is -2.40. The highest BCUT2D eigenvalue weighted by Crippen LogP contribution is 2.31. The molecule has 1 saturated carbocycles. The number of esters is 1. The summed E-state index contributed by atoms with van der Waals surface area (Å²) in [5, 5.41) is 6.14. The van der Waals surface area contributed by atoms with Crippen molar-refractivity contribution in [2.45, 2.75) is 58.1 Å². The zero-order valence-corrected chi connectivity index (χ0v) is 17.3. The molecule has 1 fully saturated rings. The van der Waals surface area contributed by atoms with Gasteiger partial charge in [0.15, 0.2) is 11.9 Å². The number of hydrogen-bond acceptors (Lipinski definition) is 7. The highest BCUT2D eigenvalue weighted by atomic mass is 16.5. The predicted molar refractivity (Wildman–Crippen MR) is 109 cm³/mol. The van der Waals surface area contributed by atoms with E-state index < -0.39 is 18.0 Å². The van der Waals surface area contributed by atoms with E-state index in [1.165, 1.54) is 36.1 Å². The molecule has 0 bridgehead atoms. The van der Waals surface area contributed by atoms with E-state index >= 15 is 0 Å². The molecule has 3 amide bonds. The van der Waals surface area contributed by atoms with Crippen LogP contribution in [0.4, 0.5) is 5.82 Å². The Morgan fingerprint density at radius 2 is 1.84 bits per heavy atom. The van der Waals surface area contributed by atoms with Gasteiger partial charge in [-0.25, -0.2) is 4.79 Å². The quantitative estimate of drug-likeness (QED) is 0.577. The zero-order chi connectivity index (χ0) is 22.1. The van der Waals surface area contributed by atoms with Gasteiger partial charge in [-0.15, -0.1) is 0 Å². The molecule has 1 aromatic heterocycles. The van der Waals surface area contributed by atoms with Crippen LogP contribution < -0.4 is 5.32 Å². The van der Waals surface area contributed by atoms with Crippen LogP contribution in [-0.2, 0) is 9.53 Å². The highest BCUT2D eigenvalue weighted by molar-refractivity contribution is 6.22. The van der Waals surface area contributed by atoms with Crippen molar-refractivity contribution in [3.05, 3.63) is 46.7 Å². The minimum absolute atomic E-state index is 0.0968. The highest BCUT2D eigenvalue weighted by Gasteiger charge is 2.40. The van der Waals surface area contributed by atoms with Crippen LogP contribution in [0.15, 0.2) is 28.8 Å². The van der Waals surface area contributed by atoms with Crippen LogP contribution in [0.25, 0.3) is 0 Å². The fraction of sp³-hybridized carbons (Fsp3) is 0.409. The van der Waals surface area contributed by atoms with Crippen molar-refractivity contribution >= 4 is 29.5 Å². The lowest BCUT2D eigenvalue weighted by Gasteiger charge is -2.29. The number of benzene rings is 1. The van der Waals surface area contributed by atoms with Gasteiger partial charge >= 0.3 is 5.97 Å².